The number of amides is 1. The van der Waals surface area contributed by atoms with Gasteiger partial charge in [-0.25, -0.2) is 4.68 Å². The molecule has 25 heavy (non-hydrogen) atoms. The van der Waals surface area contributed by atoms with E-state index in [4.69, 9.17) is 4.74 Å². The third kappa shape index (κ3) is 4.05. The van der Waals surface area contributed by atoms with E-state index in [9.17, 15) is 9.90 Å². The average molecular weight is 344 g/mol. The van der Waals surface area contributed by atoms with Gasteiger partial charge in [-0.05, 0) is 19.4 Å². The lowest BCUT2D eigenvalue weighted by atomic mass is 10.00. The lowest BCUT2D eigenvalue weighted by Gasteiger charge is -2.21. The molecule has 1 aromatic carbocycles. The highest BCUT2D eigenvalue weighted by molar-refractivity contribution is 5.77. The van der Waals surface area contributed by atoms with E-state index in [0.29, 0.717) is 25.3 Å². The standard InChI is InChI=1S/C18H24N4O3/c1-14(2)22-10-16(19-20-22)18(24)8-9-21(13-18)17(23)12-25-11-15-6-4-3-5-7-15/h3-7,10,14,24H,8-9,11-13H2,1-2H3/t18-/m1/s1. The lowest BCUT2D eigenvalue weighted by Crippen LogP contribution is -2.36. The molecule has 7 nitrogen and oxygen atoms in total. The summed E-state index contributed by atoms with van der Waals surface area (Å²) in [4.78, 5) is 13.9. The van der Waals surface area contributed by atoms with E-state index in [-0.39, 0.29) is 25.1 Å². The van der Waals surface area contributed by atoms with E-state index in [0.717, 1.165) is 5.56 Å². The topological polar surface area (TPSA) is 80.5 Å². The zero-order chi connectivity index (χ0) is 17.9. The van der Waals surface area contributed by atoms with Crippen molar-refractivity contribution in [3.05, 3.63) is 47.8 Å². The fourth-order valence-corrected chi connectivity index (χ4v) is 2.88. The first-order chi connectivity index (χ1) is 12.0. The van der Waals surface area contributed by atoms with Crippen molar-refractivity contribution in [2.24, 2.45) is 0 Å². The Bertz CT molecular complexity index is 716. The van der Waals surface area contributed by atoms with Gasteiger partial charge in [-0.1, -0.05) is 35.5 Å². The number of ether oxygens (including phenoxy) is 1. The highest BCUT2D eigenvalue weighted by atomic mass is 16.5. The number of aromatic nitrogens is 3. The fourth-order valence-electron chi connectivity index (χ4n) is 2.88. The fraction of sp³-hybridized carbons (Fsp3) is 0.500. The van der Waals surface area contributed by atoms with Crippen LogP contribution >= 0.6 is 0 Å². The maximum absolute atomic E-state index is 12.3. The predicted molar refractivity (Wildman–Crippen MR) is 91.6 cm³/mol. The number of hydrogen-bond acceptors (Lipinski definition) is 5. The Hall–Kier alpha value is -2.25. The molecule has 0 bridgehead atoms. The Morgan fingerprint density at radius 3 is 2.80 bits per heavy atom. The number of hydrogen-bond donors (Lipinski definition) is 1. The Morgan fingerprint density at radius 2 is 2.12 bits per heavy atom. The van der Waals surface area contributed by atoms with E-state index < -0.39 is 5.60 Å². The van der Waals surface area contributed by atoms with Crippen LogP contribution in [0.25, 0.3) is 0 Å². The van der Waals surface area contributed by atoms with Gasteiger partial charge in [-0.15, -0.1) is 5.10 Å². The van der Waals surface area contributed by atoms with Gasteiger partial charge >= 0.3 is 0 Å². The van der Waals surface area contributed by atoms with Gasteiger partial charge in [-0.2, -0.15) is 0 Å². The van der Waals surface area contributed by atoms with Crippen molar-refractivity contribution in [2.45, 2.75) is 38.5 Å². The number of likely N-dealkylation sites (tertiary alicyclic amines) is 1. The maximum atomic E-state index is 12.3. The number of nitrogens with zero attached hydrogens (tertiary/aromatic N) is 4. The van der Waals surface area contributed by atoms with Crippen molar-refractivity contribution < 1.29 is 14.6 Å². The van der Waals surface area contributed by atoms with Crippen molar-refractivity contribution >= 4 is 5.91 Å². The molecule has 0 spiro atoms. The highest BCUT2D eigenvalue weighted by Gasteiger charge is 2.41. The summed E-state index contributed by atoms with van der Waals surface area (Å²) in [7, 11) is 0. The van der Waals surface area contributed by atoms with Gasteiger partial charge < -0.3 is 14.7 Å². The normalized spacial score (nSPS) is 20.4. The SMILES string of the molecule is CC(C)n1cc([C@@]2(O)CCN(C(=O)COCc3ccccc3)C2)nn1. The number of carbonyl (C=O) groups is 1. The molecular formula is C18H24N4O3. The Labute approximate surface area is 147 Å². The van der Waals surface area contributed by atoms with Crippen molar-refractivity contribution in [3.63, 3.8) is 0 Å². The quantitative estimate of drug-likeness (QED) is 0.859. The second kappa shape index (κ2) is 7.33. The molecular weight excluding hydrogens is 320 g/mol. The molecule has 0 aliphatic carbocycles. The Kier molecular flexibility index (Phi) is 5.15. The molecule has 1 N–H and O–H groups in total. The van der Waals surface area contributed by atoms with E-state index in [2.05, 4.69) is 10.3 Å². The molecule has 2 heterocycles. The molecule has 1 amide bonds. The summed E-state index contributed by atoms with van der Waals surface area (Å²) in [6.07, 6.45) is 2.21. The zero-order valence-corrected chi connectivity index (χ0v) is 14.6. The molecule has 1 aromatic heterocycles. The lowest BCUT2D eigenvalue weighted by molar-refractivity contribution is -0.136. The molecule has 0 saturated carbocycles. The second-order valence-corrected chi connectivity index (χ2v) is 6.75. The van der Waals surface area contributed by atoms with Gasteiger partial charge in [0.15, 0.2) is 0 Å². The zero-order valence-electron chi connectivity index (χ0n) is 14.6. The van der Waals surface area contributed by atoms with Crippen molar-refractivity contribution in [3.8, 4) is 0 Å². The average Bonchev–Trinajstić information content (AvgIpc) is 3.24. The van der Waals surface area contributed by atoms with Crippen molar-refractivity contribution in [2.75, 3.05) is 19.7 Å². The van der Waals surface area contributed by atoms with Gasteiger partial charge in [0.1, 0.15) is 17.9 Å². The molecule has 1 fully saturated rings. The summed E-state index contributed by atoms with van der Waals surface area (Å²) in [5.74, 6) is -0.122. The van der Waals surface area contributed by atoms with Crippen LogP contribution in [0.1, 0.15) is 37.6 Å². The molecule has 0 radical (unpaired) electrons. The van der Waals surface area contributed by atoms with Crippen LogP contribution in [-0.4, -0.2) is 50.6 Å². The van der Waals surface area contributed by atoms with Crippen LogP contribution in [0.15, 0.2) is 36.5 Å². The number of carbonyl (C=O) groups excluding carboxylic acids is 1. The highest BCUT2D eigenvalue weighted by Crippen LogP contribution is 2.30. The maximum Gasteiger partial charge on any atom is 0.248 e. The molecule has 3 rings (SSSR count). The first-order valence-corrected chi connectivity index (χ1v) is 8.52. The molecule has 7 heteroatoms. The molecule has 1 aliphatic heterocycles. The minimum Gasteiger partial charge on any atom is -0.381 e. The summed E-state index contributed by atoms with van der Waals surface area (Å²) < 4.78 is 7.21. The minimum absolute atomic E-state index is 0.00363. The largest absolute Gasteiger partial charge is 0.381 e. The molecule has 1 saturated heterocycles. The van der Waals surface area contributed by atoms with Crippen LogP contribution < -0.4 is 0 Å². The third-order valence-electron chi connectivity index (χ3n) is 4.45. The van der Waals surface area contributed by atoms with Gasteiger partial charge in [0.05, 0.1) is 19.3 Å². The van der Waals surface area contributed by atoms with Crippen LogP contribution in [0.5, 0.6) is 0 Å². The Morgan fingerprint density at radius 1 is 1.36 bits per heavy atom. The van der Waals surface area contributed by atoms with Crippen LogP contribution in [-0.2, 0) is 21.7 Å². The van der Waals surface area contributed by atoms with E-state index in [1.54, 1.807) is 15.8 Å². The van der Waals surface area contributed by atoms with Gasteiger partial charge in [0, 0.05) is 19.0 Å². The van der Waals surface area contributed by atoms with E-state index in [1.807, 2.05) is 44.2 Å². The molecule has 134 valence electrons. The molecule has 0 unspecified atom stereocenters. The van der Waals surface area contributed by atoms with Gasteiger partial charge in [-0.3, -0.25) is 4.79 Å². The van der Waals surface area contributed by atoms with Crippen molar-refractivity contribution in [1.29, 1.82) is 0 Å². The third-order valence-corrected chi connectivity index (χ3v) is 4.45. The van der Waals surface area contributed by atoms with Crippen LogP contribution in [0.3, 0.4) is 0 Å². The van der Waals surface area contributed by atoms with Gasteiger partial charge in [0.25, 0.3) is 0 Å². The van der Waals surface area contributed by atoms with Crippen molar-refractivity contribution in [1.82, 2.24) is 19.9 Å². The number of rotatable bonds is 6. The molecule has 1 atom stereocenters. The summed E-state index contributed by atoms with van der Waals surface area (Å²) in [5, 5.41) is 18.9. The first kappa shape index (κ1) is 17.6. The molecule has 1 aliphatic rings. The monoisotopic (exact) mass is 344 g/mol. The summed E-state index contributed by atoms with van der Waals surface area (Å²) >= 11 is 0. The van der Waals surface area contributed by atoms with Gasteiger partial charge in [0.2, 0.25) is 5.91 Å². The van der Waals surface area contributed by atoms with Crippen LogP contribution in [0.4, 0.5) is 0 Å². The van der Waals surface area contributed by atoms with Crippen LogP contribution in [0, 0.1) is 0 Å². The Balaban J connectivity index is 1.53. The smallest absolute Gasteiger partial charge is 0.248 e. The second-order valence-electron chi connectivity index (χ2n) is 6.75. The summed E-state index contributed by atoms with van der Waals surface area (Å²) in [6.45, 7) is 5.10. The number of aliphatic hydroxyl groups is 1. The first-order valence-electron chi connectivity index (χ1n) is 8.52. The number of β-amino-alcohol motifs (C(OH)–C–C–N with tert-alkyl or cyclic N) is 1. The van der Waals surface area contributed by atoms with E-state index in [1.165, 1.54) is 0 Å². The summed E-state index contributed by atoms with van der Waals surface area (Å²) in [5.41, 5.74) is 0.405. The summed E-state index contributed by atoms with van der Waals surface area (Å²) in [6, 6.07) is 9.90. The molecule has 2 aromatic rings. The van der Waals surface area contributed by atoms with Crippen LogP contribution in [0.2, 0.25) is 0 Å². The number of benzene rings is 1. The minimum atomic E-state index is -1.14. The van der Waals surface area contributed by atoms with E-state index >= 15 is 0 Å². The predicted octanol–water partition coefficient (Wildman–Crippen LogP) is 1.50.